The second-order valence-corrected chi connectivity index (χ2v) is 6.00. The molecule has 0 radical (unpaired) electrons. The zero-order valence-electron chi connectivity index (χ0n) is 14.3. The highest BCUT2D eigenvalue weighted by molar-refractivity contribution is 6.09. The van der Waals surface area contributed by atoms with Gasteiger partial charge in [-0.2, -0.15) is 0 Å². The van der Waals surface area contributed by atoms with Gasteiger partial charge in [0.2, 0.25) is 0 Å². The molecule has 0 aliphatic heterocycles. The normalized spacial score (nSPS) is 10.7. The summed E-state index contributed by atoms with van der Waals surface area (Å²) in [6, 6.07) is 14.1. The Labute approximate surface area is 144 Å². The van der Waals surface area contributed by atoms with Gasteiger partial charge in [-0.05, 0) is 36.4 Å². The maximum absolute atomic E-state index is 12.6. The largest absolute Gasteiger partial charge is 0.506 e. The molecule has 0 aliphatic carbocycles. The summed E-state index contributed by atoms with van der Waals surface area (Å²) >= 11 is 0. The summed E-state index contributed by atoms with van der Waals surface area (Å²) in [6.07, 6.45) is 0. The van der Waals surface area contributed by atoms with Crippen LogP contribution in [0.5, 0.6) is 5.75 Å². The first kappa shape index (κ1) is 16.6. The van der Waals surface area contributed by atoms with Crippen LogP contribution in [0.1, 0.15) is 10.4 Å². The standard InChI is InChI=1S/C19H19N3O3/c1-21(2)13-10-8-12(9-11-13)20-18(24)16-17(23)14-6-4-5-7-15(14)22(3)19(16)25/h4-11,23H,1-3H3,(H,20,24). The van der Waals surface area contributed by atoms with Gasteiger partial charge in [0.15, 0.2) is 0 Å². The van der Waals surface area contributed by atoms with Gasteiger partial charge >= 0.3 is 0 Å². The smallest absolute Gasteiger partial charge is 0.267 e. The number of aromatic nitrogens is 1. The fraction of sp³-hybridized carbons (Fsp3) is 0.158. The maximum Gasteiger partial charge on any atom is 0.267 e. The van der Waals surface area contributed by atoms with Crippen molar-refractivity contribution < 1.29 is 9.90 Å². The minimum absolute atomic E-state index is 0.266. The lowest BCUT2D eigenvalue weighted by Gasteiger charge is -2.14. The molecule has 0 aliphatic rings. The summed E-state index contributed by atoms with van der Waals surface area (Å²) in [6.45, 7) is 0. The average Bonchev–Trinajstić information content (AvgIpc) is 2.60. The highest BCUT2D eigenvalue weighted by atomic mass is 16.3. The van der Waals surface area contributed by atoms with E-state index in [-0.39, 0.29) is 11.3 Å². The summed E-state index contributed by atoms with van der Waals surface area (Å²) in [4.78, 5) is 27.0. The van der Waals surface area contributed by atoms with Crippen molar-refractivity contribution in [3.8, 4) is 5.75 Å². The van der Waals surface area contributed by atoms with E-state index in [1.165, 1.54) is 4.57 Å². The molecule has 25 heavy (non-hydrogen) atoms. The number of amides is 1. The van der Waals surface area contributed by atoms with Gasteiger partial charge in [-0.25, -0.2) is 0 Å². The van der Waals surface area contributed by atoms with Gasteiger partial charge in [0, 0.05) is 37.9 Å². The van der Waals surface area contributed by atoms with Crippen LogP contribution in [0.3, 0.4) is 0 Å². The number of fused-ring (bicyclic) bond motifs is 1. The molecule has 1 aromatic heterocycles. The molecule has 0 atom stereocenters. The molecule has 2 aromatic carbocycles. The minimum atomic E-state index is -0.638. The van der Waals surface area contributed by atoms with Crippen molar-refractivity contribution in [2.45, 2.75) is 0 Å². The number of nitrogens with zero attached hydrogens (tertiary/aromatic N) is 2. The molecule has 1 amide bonds. The van der Waals surface area contributed by atoms with Crippen molar-refractivity contribution >= 4 is 28.2 Å². The number of hydrogen-bond acceptors (Lipinski definition) is 4. The zero-order valence-corrected chi connectivity index (χ0v) is 14.3. The van der Waals surface area contributed by atoms with Crippen molar-refractivity contribution in [1.29, 1.82) is 0 Å². The van der Waals surface area contributed by atoms with Crippen LogP contribution in [0, 0.1) is 0 Å². The third kappa shape index (κ3) is 2.94. The van der Waals surface area contributed by atoms with E-state index in [0.29, 0.717) is 16.6 Å². The Morgan fingerprint density at radius 3 is 2.36 bits per heavy atom. The molecule has 3 aromatic rings. The molecular formula is C19H19N3O3. The van der Waals surface area contributed by atoms with Gasteiger partial charge in [0.25, 0.3) is 11.5 Å². The lowest BCUT2D eigenvalue weighted by molar-refractivity contribution is 0.102. The van der Waals surface area contributed by atoms with Crippen LogP contribution >= 0.6 is 0 Å². The van der Waals surface area contributed by atoms with Gasteiger partial charge in [0.05, 0.1) is 5.52 Å². The predicted molar refractivity (Wildman–Crippen MR) is 99.6 cm³/mol. The van der Waals surface area contributed by atoms with E-state index in [2.05, 4.69) is 5.32 Å². The van der Waals surface area contributed by atoms with Crippen molar-refractivity contribution in [3.63, 3.8) is 0 Å². The van der Waals surface area contributed by atoms with E-state index in [0.717, 1.165) is 5.69 Å². The summed E-state index contributed by atoms with van der Waals surface area (Å²) < 4.78 is 1.36. The predicted octanol–water partition coefficient (Wildman–Crippen LogP) is 2.56. The molecule has 0 bridgehead atoms. The molecular weight excluding hydrogens is 318 g/mol. The van der Waals surface area contributed by atoms with Crippen LogP contribution in [0.15, 0.2) is 53.3 Å². The lowest BCUT2D eigenvalue weighted by Crippen LogP contribution is -2.28. The van der Waals surface area contributed by atoms with Crippen LogP contribution in [0.2, 0.25) is 0 Å². The first-order valence-corrected chi connectivity index (χ1v) is 7.79. The summed E-state index contributed by atoms with van der Waals surface area (Å²) in [5, 5.41) is 13.6. The molecule has 0 saturated heterocycles. The molecule has 6 heteroatoms. The van der Waals surface area contributed by atoms with Crippen LogP contribution in [0.4, 0.5) is 11.4 Å². The number of anilines is 2. The van der Waals surface area contributed by atoms with Gasteiger partial charge in [-0.15, -0.1) is 0 Å². The number of carbonyl (C=O) groups is 1. The third-order valence-electron chi connectivity index (χ3n) is 4.14. The van der Waals surface area contributed by atoms with E-state index >= 15 is 0 Å². The molecule has 0 spiro atoms. The summed E-state index contributed by atoms with van der Waals surface area (Å²) in [5.41, 5.74) is 1.29. The Bertz CT molecular complexity index is 1000. The molecule has 0 unspecified atom stereocenters. The fourth-order valence-electron chi connectivity index (χ4n) is 2.72. The van der Waals surface area contributed by atoms with Gasteiger partial charge in [0.1, 0.15) is 11.3 Å². The van der Waals surface area contributed by atoms with Crippen LogP contribution in [0.25, 0.3) is 10.9 Å². The van der Waals surface area contributed by atoms with E-state index in [1.807, 2.05) is 31.1 Å². The Kier molecular flexibility index (Phi) is 4.19. The number of para-hydroxylation sites is 1. The fourth-order valence-corrected chi connectivity index (χ4v) is 2.72. The number of rotatable bonds is 3. The quantitative estimate of drug-likeness (QED) is 0.770. The van der Waals surface area contributed by atoms with E-state index in [1.54, 1.807) is 43.4 Å². The molecule has 6 nitrogen and oxygen atoms in total. The molecule has 1 heterocycles. The van der Waals surface area contributed by atoms with E-state index in [9.17, 15) is 14.7 Å². The number of benzene rings is 2. The molecule has 2 N–H and O–H groups in total. The first-order chi connectivity index (χ1) is 11.9. The van der Waals surface area contributed by atoms with Gasteiger partial charge in [-0.3, -0.25) is 9.59 Å². The number of hydrogen-bond donors (Lipinski definition) is 2. The third-order valence-corrected chi connectivity index (χ3v) is 4.14. The second kappa shape index (κ2) is 6.32. The number of carbonyl (C=O) groups excluding carboxylic acids is 1. The average molecular weight is 337 g/mol. The summed E-state index contributed by atoms with van der Waals surface area (Å²) in [7, 11) is 5.42. The second-order valence-electron chi connectivity index (χ2n) is 6.00. The van der Waals surface area contributed by atoms with E-state index in [4.69, 9.17) is 0 Å². The number of nitrogens with one attached hydrogen (secondary N) is 1. The highest BCUT2D eigenvalue weighted by Crippen LogP contribution is 2.26. The Morgan fingerprint density at radius 2 is 1.72 bits per heavy atom. The number of aromatic hydroxyl groups is 1. The lowest BCUT2D eigenvalue weighted by atomic mass is 10.1. The van der Waals surface area contributed by atoms with Gasteiger partial charge < -0.3 is 19.9 Å². The van der Waals surface area contributed by atoms with Crippen LogP contribution < -0.4 is 15.8 Å². The first-order valence-electron chi connectivity index (χ1n) is 7.79. The van der Waals surface area contributed by atoms with Crippen LogP contribution in [-0.4, -0.2) is 29.7 Å². The topological polar surface area (TPSA) is 74.6 Å². The van der Waals surface area contributed by atoms with E-state index < -0.39 is 11.5 Å². The highest BCUT2D eigenvalue weighted by Gasteiger charge is 2.21. The van der Waals surface area contributed by atoms with Crippen molar-refractivity contribution in [1.82, 2.24) is 4.57 Å². The van der Waals surface area contributed by atoms with Gasteiger partial charge in [-0.1, -0.05) is 12.1 Å². The molecule has 128 valence electrons. The molecule has 3 rings (SSSR count). The minimum Gasteiger partial charge on any atom is -0.506 e. The van der Waals surface area contributed by atoms with Crippen molar-refractivity contribution in [3.05, 3.63) is 64.4 Å². The van der Waals surface area contributed by atoms with Crippen LogP contribution in [-0.2, 0) is 7.05 Å². The Balaban J connectivity index is 2.01. The molecule has 0 saturated carbocycles. The monoisotopic (exact) mass is 337 g/mol. The summed E-state index contributed by atoms with van der Waals surface area (Å²) in [5.74, 6) is -0.942. The Hall–Kier alpha value is -3.28. The SMILES string of the molecule is CN(C)c1ccc(NC(=O)c2c(O)c3ccccc3n(C)c2=O)cc1. The zero-order chi connectivity index (χ0) is 18.1. The Morgan fingerprint density at radius 1 is 1.08 bits per heavy atom. The number of pyridine rings is 1. The molecule has 0 fully saturated rings. The number of aryl methyl sites for hydroxylation is 1. The maximum atomic E-state index is 12.6. The van der Waals surface area contributed by atoms with Crippen molar-refractivity contribution in [2.75, 3.05) is 24.3 Å². The van der Waals surface area contributed by atoms with Crippen molar-refractivity contribution in [2.24, 2.45) is 7.05 Å².